The van der Waals surface area contributed by atoms with E-state index in [1.54, 1.807) is 20.8 Å². The van der Waals surface area contributed by atoms with Crippen LogP contribution in [0.1, 0.15) is 27.2 Å². The first-order chi connectivity index (χ1) is 7.33. The molecule has 2 atom stereocenters. The van der Waals surface area contributed by atoms with E-state index in [9.17, 15) is 9.59 Å². The van der Waals surface area contributed by atoms with Gasteiger partial charge in [-0.3, -0.25) is 4.79 Å². The van der Waals surface area contributed by atoms with Crippen LogP contribution < -0.4 is 10.6 Å². The molecule has 1 saturated heterocycles. The van der Waals surface area contributed by atoms with Crippen LogP contribution in [0.25, 0.3) is 0 Å². The number of carbonyl (C=O) groups is 2. The summed E-state index contributed by atoms with van der Waals surface area (Å²) in [6.07, 6.45) is 0.318. The number of halogens is 1. The van der Waals surface area contributed by atoms with Crippen molar-refractivity contribution in [3.05, 3.63) is 0 Å². The van der Waals surface area contributed by atoms with Crippen LogP contribution in [-0.4, -0.2) is 34.1 Å². The number of nitrogens with one attached hydrogen (secondary N) is 2. The van der Waals surface area contributed by atoms with Crippen molar-refractivity contribution in [1.82, 2.24) is 10.6 Å². The summed E-state index contributed by atoms with van der Waals surface area (Å²) in [6.45, 7) is 5.36. The SMILES string of the molecule is CC(C)(C)OC(=O)N[C@H]1C(=O)N[C@H]1CCI. The minimum atomic E-state index is -0.539. The molecule has 1 aliphatic heterocycles. The number of hydrogen-bond donors (Lipinski definition) is 2. The van der Waals surface area contributed by atoms with Gasteiger partial charge in [0.2, 0.25) is 5.91 Å². The van der Waals surface area contributed by atoms with Gasteiger partial charge in [-0.25, -0.2) is 4.79 Å². The summed E-state index contributed by atoms with van der Waals surface area (Å²) in [4.78, 5) is 22.7. The molecule has 1 aliphatic rings. The van der Waals surface area contributed by atoms with Crippen LogP contribution in [0.5, 0.6) is 0 Å². The summed E-state index contributed by atoms with van der Waals surface area (Å²) in [5.41, 5.74) is -0.539. The second-order valence-electron chi connectivity index (χ2n) is 4.72. The topological polar surface area (TPSA) is 67.4 Å². The van der Waals surface area contributed by atoms with Crippen LogP contribution in [0.15, 0.2) is 0 Å². The standard InChI is InChI=1S/C10H17IN2O3/c1-10(2,3)16-9(15)13-7-6(4-5-11)12-8(7)14/h6-7H,4-5H2,1-3H3,(H,12,14)(H,13,15)/t6-,7+/m0/s1. The molecule has 0 radical (unpaired) electrons. The number of hydrogen-bond acceptors (Lipinski definition) is 3. The summed E-state index contributed by atoms with van der Waals surface area (Å²) in [7, 11) is 0. The van der Waals surface area contributed by atoms with Crippen LogP contribution in [-0.2, 0) is 9.53 Å². The Morgan fingerprint density at radius 2 is 2.19 bits per heavy atom. The van der Waals surface area contributed by atoms with E-state index in [1.165, 1.54) is 0 Å². The molecule has 0 bridgehead atoms. The Morgan fingerprint density at radius 3 is 2.62 bits per heavy atom. The normalized spacial score (nSPS) is 24.4. The number of rotatable bonds is 3. The van der Waals surface area contributed by atoms with Crippen molar-refractivity contribution in [2.24, 2.45) is 0 Å². The van der Waals surface area contributed by atoms with Gasteiger partial charge in [-0.15, -0.1) is 0 Å². The molecular formula is C10H17IN2O3. The van der Waals surface area contributed by atoms with Gasteiger partial charge in [-0.05, 0) is 27.2 Å². The molecule has 1 fully saturated rings. The van der Waals surface area contributed by atoms with Crippen molar-refractivity contribution in [3.8, 4) is 0 Å². The van der Waals surface area contributed by atoms with Crippen LogP contribution in [0, 0.1) is 0 Å². The Kier molecular flexibility index (Phi) is 4.40. The molecule has 5 nitrogen and oxygen atoms in total. The van der Waals surface area contributed by atoms with Gasteiger partial charge in [0.25, 0.3) is 0 Å². The third-order valence-electron chi connectivity index (χ3n) is 2.10. The molecule has 0 saturated carbocycles. The van der Waals surface area contributed by atoms with E-state index in [1.807, 2.05) is 0 Å². The number of β-lactam (4-membered cyclic amide) rings is 1. The molecular weight excluding hydrogens is 323 g/mol. The molecule has 6 heteroatoms. The third kappa shape index (κ3) is 3.80. The Bertz CT molecular complexity index is 288. The van der Waals surface area contributed by atoms with Crippen molar-refractivity contribution < 1.29 is 14.3 Å². The highest BCUT2D eigenvalue weighted by molar-refractivity contribution is 14.1. The van der Waals surface area contributed by atoms with Gasteiger partial charge in [0.05, 0.1) is 6.04 Å². The maximum atomic E-state index is 11.4. The Morgan fingerprint density at radius 1 is 1.56 bits per heavy atom. The fourth-order valence-electron chi connectivity index (χ4n) is 1.40. The Labute approximate surface area is 109 Å². The summed E-state index contributed by atoms with van der Waals surface area (Å²) in [5, 5.41) is 5.33. The van der Waals surface area contributed by atoms with Crippen molar-refractivity contribution in [2.75, 3.05) is 4.43 Å². The molecule has 0 spiro atoms. The van der Waals surface area contributed by atoms with E-state index >= 15 is 0 Å². The quantitative estimate of drug-likeness (QED) is 0.461. The summed E-state index contributed by atoms with van der Waals surface area (Å²) in [6, 6.07) is -0.401. The van der Waals surface area contributed by atoms with E-state index in [4.69, 9.17) is 4.74 Å². The van der Waals surface area contributed by atoms with Gasteiger partial charge in [0, 0.05) is 4.43 Å². The van der Waals surface area contributed by atoms with Gasteiger partial charge in [-0.2, -0.15) is 0 Å². The van der Waals surface area contributed by atoms with Gasteiger partial charge in [0.1, 0.15) is 11.6 Å². The lowest BCUT2D eigenvalue weighted by Gasteiger charge is -2.37. The maximum Gasteiger partial charge on any atom is 0.408 e. The lowest BCUT2D eigenvalue weighted by Crippen LogP contribution is -2.69. The summed E-state index contributed by atoms with van der Waals surface area (Å²) >= 11 is 2.24. The molecule has 0 aromatic heterocycles. The fourth-order valence-corrected chi connectivity index (χ4v) is 2.07. The van der Waals surface area contributed by atoms with E-state index in [0.717, 1.165) is 10.8 Å². The summed E-state index contributed by atoms with van der Waals surface area (Å²) in [5.74, 6) is -0.138. The molecule has 2 amide bonds. The summed E-state index contributed by atoms with van der Waals surface area (Å²) < 4.78 is 6.03. The molecule has 1 heterocycles. The molecule has 0 aromatic carbocycles. The van der Waals surface area contributed by atoms with Gasteiger partial charge in [-0.1, -0.05) is 22.6 Å². The zero-order chi connectivity index (χ0) is 12.3. The lowest BCUT2D eigenvalue weighted by molar-refractivity contribution is -0.131. The average molecular weight is 340 g/mol. The van der Waals surface area contributed by atoms with Crippen LogP contribution in [0.2, 0.25) is 0 Å². The number of alkyl carbamates (subject to hydrolysis) is 1. The first kappa shape index (κ1) is 13.5. The Hall–Kier alpha value is -0.530. The van der Waals surface area contributed by atoms with E-state index in [0.29, 0.717) is 0 Å². The van der Waals surface area contributed by atoms with Crippen LogP contribution in [0.4, 0.5) is 4.79 Å². The minimum absolute atomic E-state index is 0.0388. The smallest absolute Gasteiger partial charge is 0.408 e. The number of alkyl halides is 1. The van der Waals surface area contributed by atoms with Crippen molar-refractivity contribution in [2.45, 2.75) is 44.9 Å². The number of ether oxygens (including phenoxy) is 1. The molecule has 2 N–H and O–H groups in total. The zero-order valence-corrected chi connectivity index (χ0v) is 11.8. The Balaban J connectivity index is 2.41. The maximum absolute atomic E-state index is 11.4. The van der Waals surface area contributed by atoms with Crippen molar-refractivity contribution in [1.29, 1.82) is 0 Å². The predicted octanol–water partition coefficient (Wildman–Crippen LogP) is 1.20. The fraction of sp³-hybridized carbons (Fsp3) is 0.800. The largest absolute Gasteiger partial charge is 0.444 e. The van der Waals surface area contributed by atoms with Gasteiger partial charge < -0.3 is 15.4 Å². The van der Waals surface area contributed by atoms with Crippen LogP contribution in [0.3, 0.4) is 0 Å². The highest BCUT2D eigenvalue weighted by atomic mass is 127. The first-order valence-corrected chi connectivity index (χ1v) is 6.72. The van der Waals surface area contributed by atoms with E-state index < -0.39 is 17.7 Å². The second kappa shape index (κ2) is 5.20. The molecule has 0 aliphatic carbocycles. The van der Waals surface area contributed by atoms with Crippen molar-refractivity contribution >= 4 is 34.6 Å². The molecule has 0 aromatic rings. The van der Waals surface area contributed by atoms with Gasteiger partial charge >= 0.3 is 6.09 Å². The average Bonchev–Trinajstić information content (AvgIpc) is 2.11. The third-order valence-corrected chi connectivity index (χ3v) is 2.73. The highest BCUT2D eigenvalue weighted by Gasteiger charge is 2.40. The minimum Gasteiger partial charge on any atom is -0.444 e. The van der Waals surface area contributed by atoms with Crippen LogP contribution >= 0.6 is 22.6 Å². The molecule has 16 heavy (non-hydrogen) atoms. The van der Waals surface area contributed by atoms with Gasteiger partial charge in [0.15, 0.2) is 0 Å². The molecule has 0 unspecified atom stereocenters. The monoisotopic (exact) mass is 340 g/mol. The predicted molar refractivity (Wildman–Crippen MR) is 68.6 cm³/mol. The number of carbonyl (C=O) groups excluding carboxylic acids is 2. The van der Waals surface area contributed by atoms with E-state index in [-0.39, 0.29) is 11.9 Å². The lowest BCUT2D eigenvalue weighted by atomic mass is 9.97. The first-order valence-electron chi connectivity index (χ1n) is 5.19. The molecule has 92 valence electrons. The van der Waals surface area contributed by atoms with Crippen molar-refractivity contribution in [3.63, 3.8) is 0 Å². The highest BCUT2D eigenvalue weighted by Crippen LogP contribution is 2.13. The zero-order valence-electron chi connectivity index (χ0n) is 9.67. The van der Waals surface area contributed by atoms with E-state index in [2.05, 4.69) is 33.2 Å². The number of amides is 2. The molecule has 1 rings (SSSR count). The second-order valence-corrected chi connectivity index (χ2v) is 5.80.